The van der Waals surface area contributed by atoms with Crippen LogP contribution < -0.4 is 5.32 Å². The second kappa shape index (κ2) is 6.62. The molecule has 0 aromatic heterocycles. The minimum absolute atomic E-state index is 0.0300. The Morgan fingerprint density at radius 3 is 2.40 bits per heavy atom. The average molecular weight is 285 g/mol. The van der Waals surface area contributed by atoms with E-state index in [0.717, 1.165) is 10.5 Å². The molecular formula is C17H19NOS. The van der Waals surface area contributed by atoms with E-state index in [2.05, 4.69) is 37.4 Å². The molecule has 0 aliphatic heterocycles. The first-order chi connectivity index (χ1) is 9.60. The number of hydrogen-bond acceptors (Lipinski definition) is 2. The molecule has 0 heterocycles. The molecule has 0 unspecified atom stereocenters. The molecule has 2 rings (SSSR count). The largest absolute Gasteiger partial charge is 0.348 e. The maximum Gasteiger partial charge on any atom is 0.251 e. The normalized spacial score (nSPS) is 10.3. The van der Waals surface area contributed by atoms with Crippen molar-refractivity contribution in [3.8, 4) is 0 Å². The summed E-state index contributed by atoms with van der Waals surface area (Å²) >= 11 is 1.67. The van der Waals surface area contributed by atoms with Crippen LogP contribution in [0.15, 0.2) is 47.4 Å². The second-order valence-electron chi connectivity index (χ2n) is 4.84. The fourth-order valence-corrected chi connectivity index (χ4v) is 2.47. The highest BCUT2D eigenvalue weighted by Gasteiger charge is 2.06. The van der Waals surface area contributed by atoms with E-state index in [-0.39, 0.29) is 5.91 Å². The fourth-order valence-electron chi connectivity index (χ4n) is 2.06. The van der Waals surface area contributed by atoms with Gasteiger partial charge in [0.15, 0.2) is 0 Å². The Kier molecular flexibility index (Phi) is 4.85. The molecule has 20 heavy (non-hydrogen) atoms. The van der Waals surface area contributed by atoms with Crippen LogP contribution in [-0.2, 0) is 6.54 Å². The quantitative estimate of drug-likeness (QED) is 0.862. The van der Waals surface area contributed by atoms with Crippen molar-refractivity contribution < 1.29 is 4.79 Å². The monoisotopic (exact) mass is 285 g/mol. The summed E-state index contributed by atoms with van der Waals surface area (Å²) in [5.41, 5.74) is 4.31. The van der Waals surface area contributed by atoms with E-state index in [1.54, 1.807) is 11.8 Å². The minimum Gasteiger partial charge on any atom is -0.348 e. The van der Waals surface area contributed by atoms with E-state index in [1.165, 1.54) is 11.1 Å². The highest BCUT2D eigenvalue weighted by molar-refractivity contribution is 7.98. The van der Waals surface area contributed by atoms with Gasteiger partial charge < -0.3 is 5.32 Å². The third-order valence-corrected chi connectivity index (χ3v) is 4.03. The maximum absolute atomic E-state index is 12.1. The highest BCUT2D eigenvalue weighted by atomic mass is 32.2. The summed E-state index contributed by atoms with van der Waals surface area (Å²) in [5, 5.41) is 2.97. The summed E-state index contributed by atoms with van der Waals surface area (Å²) < 4.78 is 0. The zero-order chi connectivity index (χ0) is 14.5. The Balaban J connectivity index is 2.00. The van der Waals surface area contributed by atoms with Gasteiger partial charge in [-0.25, -0.2) is 0 Å². The average Bonchev–Trinajstić information content (AvgIpc) is 2.46. The lowest BCUT2D eigenvalue weighted by molar-refractivity contribution is 0.0951. The van der Waals surface area contributed by atoms with Crippen LogP contribution >= 0.6 is 11.8 Å². The van der Waals surface area contributed by atoms with E-state index >= 15 is 0 Å². The van der Waals surface area contributed by atoms with Crippen molar-refractivity contribution >= 4 is 17.7 Å². The molecule has 0 fully saturated rings. The first-order valence-electron chi connectivity index (χ1n) is 6.58. The topological polar surface area (TPSA) is 29.1 Å². The van der Waals surface area contributed by atoms with Crippen molar-refractivity contribution in [3.05, 3.63) is 64.7 Å². The molecule has 3 heteroatoms. The Labute approximate surface area is 124 Å². The summed E-state index contributed by atoms with van der Waals surface area (Å²) in [7, 11) is 0. The molecule has 0 spiro atoms. The summed E-state index contributed by atoms with van der Waals surface area (Å²) in [6, 6.07) is 13.9. The van der Waals surface area contributed by atoms with Gasteiger partial charge in [-0.1, -0.05) is 23.8 Å². The number of rotatable bonds is 4. The third-order valence-electron chi connectivity index (χ3n) is 3.29. The van der Waals surface area contributed by atoms with Crippen LogP contribution in [0, 0.1) is 13.8 Å². The molecule has 1 N–H and O–H groups in total. The van der Waals surface area contributed by atoms with Gasteiger partial charge in [-0.15, -0.1) is 11.8 Å². The van der Waals surface area contributed by atoms with E-state index in [4.69, 9.17) is 0 Å². The molecule has 0 bridgehead atoms. The van der Waals surface area contributed by atoms with Crippen molar-refractivity contribution in [3.63, 3.8) is 0 Å². The Morgan fingerprint density at radius 2 is 1.80 bits per heavy atom. The number of thioether (sulfide) groups is 1. The van der Waals surface area contributed by atoms with Crippen molar-refractivity contribution in [2.24, 2.45) is 0 Å². The molecular weight excluding hydrogens is 266 g/mol. The van der Waals surface area contributed by atoms with Crippen molar-refractivity contribution in [1.29, 1.82) is 0 Å². The molecule has 0 aliphatic carbocycles. The van der Waals surface area contributed by atoms with E-state index in [0.29, 0.717) is 12.1 Å². The summed E-state index contributed by atoms with van der Waals surface area (Å²) in [4.78, 5) is 13.2. The standard InChI is InChI=1S/C17H19NOS/c1-12-4-5-15(13(2)10-12)11-18-17(19)14-6-8-16(20-3)9-7-14/h4-10H,11H2,1-3H3,(H,18,19). The van der Waals surface area contributed by atoms with Gasteiger partial charge in [-0.3, -0.25) is 4.79 Å². The molecule has 0 aliphatic rings. The lowest BCUT2D eigenvalue weighted by Gasteiger charge is -2.09. The van der Waals surface area contributed by atoms with Gasteiger partial charge in [0.05, 0.1) is 0 Å². The summed E-state index contributed by atoms with van der Waals surface area (Å²) in [6.45, 7) is 4.71. The number of amides is 1. The van der Waals surface area contributed by atoms with Gasteiger partial charge in [0, 0.05) is 17.0 Å². The molecule has 2 aromatic rings. The van der Waals surface area contributed by atoms with Gasteiger partial charge in [0.2, 0.25) is 0 Å². The SMILES string of the molecule is CSc1ccc(C(=O)NCc2ccc(C)cc2C)cc1. The third kappa shape index (κ3) is 3.64. The molecule has 0 atom stereocenters. The van der Waals surface area contributed by atoms with Crippen LogP contribution in [-0.4, -0.2) is 12.2 Å². The first kappa shape index (κ1) is 14.7. The summed E-state index contributed by atoms with van der Waals surface area (Å²) in [6.07, 6.45) is 2.02. The molecule has 0 saturated carbocycles. The van der Waals surface area contributed by atoms with E-state index in [1.807, 2.05) is 30.5 Å². The van der Waals surface area contributed by atoms with Crippen molar-refractivity contribution in [2.75, 3.05) is 6.26 Å². The second-order valence-corrected chi connectivity index (χ2v) is 5.72. The Hall–Kier alpha value is -1.74. The zero-order valence-electron chi connectivity index (χ0n) is 12.1. The lowest BCUT2D eigenvalue weighted by Crippen LogP contribution is -2.23. The molecule has 2 nitrogen and oxygen atoms in total. The molecule has 0 radical (unpaired) electrons. The van der Waals surface area contributed by atoms with Crippen molar-refractivity contribution in [1.82, 2.24) is 5.32 Å². The number of nitrogens with one attached hydrogen (secondary N) is 1. The number of carbonyl (C=O) groups is 1. The Morgan fingerprint density at radius 1 is 1.10 bits per heavy atom. The van der Waals surface area contributed by atoms with Crippen LogP contribution in [0.5, 0.6) is 0 Å². The number of hydrogen-bond donors (Lipinski definition) is 1. The smallest absolute Gasteiger partial charge is 0.251 e. The number of carbonyl (C=O) groups excluding carboxylic acids is 1. The molecule has 0 saturated heterocycles. The predicted octanol–water partition coefficient (Wildman–Crippen LogP) is 3.96. The van der Waals surface area contributed by atoms with Crippen LogP contribution in [0.1, 0.15) is 27.0 Å². The van der Waals surface area contributed by atoms with Crippen LogP contribution in [0.3, 0.4) is 0 Å². The van der Waals surface area contributed by atoms with Gasteiger partial charge in [0.1, 0.15) is 0 Å². The number of benzene rings is 2. The van der Waals surface area contributed by atoms with E-state index < -0.39 is 0 Å². The lowest BCUT2D eigenvalue weighted by atomic mass is 10.1. The van der Waals surface area contributed by atoms with Crippen molar-refractivity contribution in [2.45, 2.75) is 25.3 Å². The van der Waals surface area contributed by atoms with Gasteiger partial charge >= 0.3 is 0 Å². The highest BCUT2D eigenvalue weighted by Crippen LogP contribution is 2.15. The summed E-state index contributed by atoms with van der Waals surface area (Å²) in [5.74, 6) is -0.0300. The van der Waals surface area contributed by atoms with Gasteiger partial charge in [-0.05, 0) is 55.5 Å². The van der Waals surface area contributed by atoms with Gasteiger partial charge in [0.25, 0.3) is 5.91 Å². The molecule has 2 aromatic carbocycles. The predicted molar refractivity (Wildman–Crippen MR) is 85.3 cm³/mol. The van der Waals surface area contributed by atoms with E-state index in [9.17, 15) is 4.79 Å². The van der Waals surface area contributed by atoms with Crippen LogP contribution in [0.25, 0.3) is 0 Å². The minimum atomic E-state index is -0.0300. The Bertz CT molecular complexity index is 605. The first-order valence-corrected chi connectivity index (χ1v) is 7.81. The maximum atomic E-state index is 12.1. The fraction of sp³-hybridized carbons (Fsp3) is 0.235. The molecule has 104 valence electrons. The zero-order valence-corrected chi connectivity index (χ0v) is 12.9. The van der Waals surface area contributed by atoms with Gasteiger partial charge in [-0.2, -0.15) is 0 Å². The molecule has 1 amide bonds. The van der Waals surface area contributed by atoms with Crippen LogP contribution in [0.2, 0.25) is 0 Å². The van der Waals surface area contributed by atoms with Crippen LogP contribution in [0.4, 0.5) is 0 Å². The number of aryl methyl sites for hydroxylation is 2.